The summed E-state index contributed by atoms with van der Waals surface area (Å²) in [6.45, 7) is 8.47. The molecule has 0 radical (unpaired) electrons. The van der Waals surface area contributed by atoms with Crippen molar-refractivity contribution in [1.29, 1.82) is 0 Å². The zero-order valence-electron chi connectivity index (χ0n) is 13.9. The number of hydrogen-bond acceptors (Lipinski definition) is 4. The van der Waals surface area contributed by atoms with Gasteiger partial charge >= 0.3 is 0 Å². The van der Waals surface area contributed by atoms with Crippen molar-refractivity contribution in [2.45, 2.75) is 13.3 Å². The molecule has 0 bridgehead atoms. The van der Waals surface area contributed by atoms with Crippen LogP contribution in [-0.4, -0.2) is 88.2 Å². The van der Waals surface area contributed by atoms with Crippen molar-refractivity contribution in [3.05, 3.63) is 0 Å². The van der Waals surface area contributed by atoms with Crippen LogP contribution in [0.15, 0.2) is 4.99 Å². The third-order valence-electron chi connectivity index (χ3n) is 3.24. The molecule has 1 fully saturated rings. The molecule has 7 nitrogen and oxygen atoms in total. The van der Waals surface area contributed by atoms with Gasteiger partial charge in [-0.3, -0.25) is 9.69 Å². The number of nitrogens with zero attached hydrogens (tertiary/aromatic N) is 3. The minimum Gasteiger partial charge on any atom is -0.379 e. The molecule has 1 amide bonds. The Balaban J connectivity index is 0.00000441. The lowest BCUT2D eigenvalue weighted by molar-refractivity contribution is -0.127. The normalized spacial score (nSPS) is 15.9. The molecule has 8 heteroatoms. The van der Waals surface area contributed by atoms with E-state index in [4.69, 9.17) is 4.74 Å². The third kappa shape index (κ3) is 9.42. The van der Waals surface area contributed by atoms with Crippen LogP contribution in [0.1, 0.15) is 13.3 Å². The summed E-state index contributed by atoms with van der Waals surface area (Å²) in [5.74, 6) is 0.709. The van der Waals surface area contributed by atoms with Crippen molar-refractivity contribution in [2.75, 3.05) is 66.6 Å². The average Bonchev–Trinajstić information content (AvgIpc) is 2.50. The molecule has 22 heavy (non-hydrogen) atoms. The van der Waals surface area contributed by atoms with Crippen LogP contribution in [0, 0.1) is 0 Å². The van der Waals surface area contributed by atoms with Crippen LogP contribution in [-0.2, 0) is 9.53 Å². The van der Waals surface area contributed by atoms with Crippen molar-refractivity contribution in [1.82, 2.24) is 20.4 Å². The number of nitrogens with one attached hydrogen (secondary N) is 2. The summed E-state index contributed by atoms with van der Waals surface area (Å²) in [6, 6.07) is 0. The van der Waals surface area contributed by atoms with Crippen LogP contribution in [0.5, 0.6) is 0 Å². The maximum Gasteiger partial charge on any atom is 0.243 e. The summed E-state index contributed by atoms with van der Waals surface area (Å²) in [5.41, 5.74) is 0. The molecular weight excluding hydrogens is 397 g/mol. The van der Waals surface area contributed by atoms with Gasteiger partial charge in [-0.15, -0.1) is 24.0 Å². The van der Waals surface area contributed by atoms with Gasteiger partial charge < -0.3 is 20.3 Å². The van der Waals surface area contributed by atoms with Crippen molar-refractivity contribution >= 4 is 35.8 Å². The number of aliphatic imine (C=N–C) groups is 1. The van der Waals surface area contributed by atoms with Crippen LogP contribution >= 0.6 is 24.0 Å². The largest absolute Gasteiger partial charge is 0.379 e. The molecule has 0 spiro atoms. The lowest BCUT2D eigenvalue weighted by atomic mass is 10.4. The fourth-order valence-electron chi connectivity index (χ4n) is 1.86. The Morgan fingerprint density at radius 2 is 1.86 bits per heavy atom. The van der Waals surface area contributed by atoms with Gasteiger partial charge in [0, 0.05) is 46.8 Å². The molecule has 0 aromatic carbocycles. The third-order valence-corrected chi connectivity index (χ3v) is 3.24. The van der Waals surface area contributed by atoms with Gasteiger partial charge in [-0.1, -0.05) is 6.92 Å². The van der Waals surface area contributed by atoms with E-state index in [2.05, 4.69) is 27.4 Å². The second-order valence-corrected chi connectivity index (χ2v) is 5.26. The first-order chi connectivity index (χ1) is 10.1. The van der Waals surface area contributed by atoms with Crippen LogP contribution in [0.3, 0.4) is 0 Å². The van der Waals surface area contributed by atoms with Crippen molar-refractivity contribution < 1.29 is 9.53 Å². The van der Waals surface area contributed by atoms with Gasteiger partial charge in [-0.25, -0.2) is 4.99 Å². The molecule has 1 aliphatic rings. The van der Waals surface area contributed by atoms with Gasteiger partial charge in [-0.05, 0) is 6.42 Å². The Bertz CT molecular complexity index is 333. The first-order valence-electron chi connectivity index (χ1n) is 7.66. The van der Waals surface area contributed by atoms with Crippen molar-refractivity contribution in [2.24, 2.45) is 4.99 Å². The highest BCUT2D eigenvalue weighted by molar-refractivity contribution is 14.0. The van der Waals surface area contributed by atoms with E-state index in [1.165, 1.54) is 0 Å². The monoisotopic (exact) mass is 427 g/mol. The van der Waals surface area contributed by atoms with Gasteiger partial charge in [0.15, 0.2) is 5.96 Å². The topological polar surface area (TPSA) is 69.2 Å². The Hall–Kier alpha value is -0.610. The highest BCUT2D eigenvalue weighted by atomic mass is 127. The quantitative estimate of drug-likeness (QED) is 0.340. The molecule has 2 N–H and O–H groups in total. The van der Waals surface area contributed by atoms with E-state index in [9.17, 15) is 4.79 Å². The van der Waals surface area contributed by atoms with Crippen LogP contribution in [0.2, 0.25) is 0 Å². The van der Waals surface area contributed by atoms with Crippen LogP contribution in [0.4, 0.5) is 0 Å². The Morgan fingerprint density at radius 1 is 1.23 bits per heavy atom. The number of carbonyl (C=O) groups is 1. The van der Waals surface area contributed by atoms with Gasteiger partial charge in [0.2, 0.25) is 5.91 Å². The fourth-order valence-corrected chi connectivity index (χ4v) is 1.86. The zero-order valence-corrected chi connectivity index (χ0v) is 16.3. The molecular formula is C14H30IN5O2. The second-order valence-electron chi connectivity index (χ2n) is 5.26. The summed E-state index contributed by atoms with van der Waals surface area (Å²) < 4.78 is 5.33. The number of halogens is 1. The summed E-state index contributed by atoms with van der Waals surface area (Å²) in [7, 11) is 3.48. The Morgan fingerprint density at radius 3 is 2.45 bits per heavy atom. The Labute approximate surface area is 150 Å². The molecule has 1 heterocycles. The predicted molar refractivity (Wildman–Crippen MR) is 100.0 cm³/mol. The highest BCUT2D eigenvalue weighted by Crippen LogP contribution is 1.94. The second kappa shape index (κ2) is 12.9. The van der Waals surface area contributed by atoms with Crippen molar-refractivity contribution in [3.8, 4) is 0 Å². The average molecular weight is 427 g/mol. The zero-order chi connectivity index (χ0) is 15.5. The van der Waals surface area contributed by atoms with E-state index in [0.717, 1.165) is 52.4 Å². The molecule has 0 unspecified atom stereocenters. The number of guanidine groups is 1. The summed E-state index contributed by atoms with van der Waals surface area (Å²) in [6.07, 6.45) is 1.02. The van der Waals surface area contributed by atoms with Crippen LogP contribution in [0.25, 0.3) is 0 Å². The lowest BCUT2D eigenvalue weighted by Gasteiger charge is -2.26. The van der Waals surface area contributed by atoms with Gasteiger partial charge in [0.1, 0.15) is 6.54 Å². The fraction of sp³-hybridized carbons (Fsp3) is 0.857. The molecule has 130 valence electrons. The number of rotatable bonds is 7. The molecule has 1 saturated heterocycles. The minimum atomic E-state index is 0. The number of hydrogen-bond donors (Lipinski definition) is 2. The summed E-state index contributed by atoms with van der Waals surface area (Å²) in [4.78, 5) is 19.8. The van der Waals surface area contributed by atoms with E-state index in [1.54, 1.807) is 19.0 Å². The number of ether oxygens (including phenoxy) is 1. The molecule has 0 aromatic rings. The lowest BCUT2D eigenvalue weighted by Crippen LogP contribution is -2.45. The van der Waals surface area contributed by atoms with Crippen molar-refractivity contribution in [3.63, 3.8) is 0 Å². The van der Waals surface area contributed by atoms with Crippen LogP contribution < -0.4 is 10.6 Å². The molecule has 1 rings (SSSR count). The number of carbonyl (C=O) groups excluding carboxylic acids is 1. The van der Waals surface area contributed by atoms with Gasteiger partial charge in [0.25, 0.3) is 0 Å². The summed E-state index contributed by atoms with van der Waals surface area (Å²) in [5, 5.41) is 6.51. The molecule has 1 aliphatic heterocycles. The predicted octanol–water partition coefficient (Wildman–Crippen LogP) is -0.0300. The smallest absolute Gasteiger partial charge is 0.243 e. The number of amides is 1. The SMILES string of the molecule is CCCNC(=NCC(=O)N(C)C)NCCN1CCOCC1.I. The first-order valence-corrected chi connectivity index (χ1v) is 7.66. The molecule has 0 saturated carbocycles. The van der Waals surface area contributed by atoms with E-state index >= 15 is 0 Å². The highest BCUT2D eigenvalue weighted by Gasteiger charge is 2.10. The van der Waals surface area contributed by atoms with Gasteiger partial charge in [-0.2, -0.15) is 0 Å². The summed E-state index contributed by atoms with van der Waals surface area (Å²) >= 11 is 0. The van der Waals surface area contributed by atoms with E-state index < -0.39 is 0 Å². The Kier molecular flexibility index (Phi) is 12.5. The van der Waals surface area contributed by atoms with Gasteiger partial charge in [0.05, 0.1) is 13.2 Å². The minimum absolute atomic E-state index is 0. The van der Waals surface area contributed by atoms with E-state index in [1.807, 2.05) is 0 Å². The maximum atomic E-state index is 11.6. The number of likely N-dealkylation sites (N-methyl/N-ethyl adjacent to an activating group) is 1. The molecule has 0 aliphatic carbocycles. The standard InChI is InChI=1S/C14H29N5O2.HI/c1-4-5-15-14(17-12-13(20)18(2)3)16-6-7-19-8-10-21-11-9-19;/h4-12H2,1-3H3,(H2,15,16,17);1H. The maximum absolute atomic E-state index is 11.6. The number of morpholine rings is 1. The molecule has 0 aromatic heterocycles. The van der Waals surface area contributed by atoms with E-state index in [-0.39, 0.29) is 36.4 Å². The molecule has 0 atom stereocenters. The first kappa shape index (κ1) is 21.4. The van der Waals surface area contributed by atoms with E-state index in [0.29, 0.717) is 5.96 Å².